The van der Waals surface area contributed by atoms with E-state index in [0.717, 1.165) is 0 Å². The summed E-state index contributed by atoms with van der Waals surface area (Å²) in [5.41, 5.74) is -0.259. The van der Waals surface area contributed by atoms with Crippen molar-refractivity contribution in [3.8, 4) is 23.0 Å². The second-order valence-corrected chi connectivity index (χ2v) is 7.48. The number of rotatable bonds is 7. The fourth-order valence-electron chi connectivity index (χ4n) is 3.08. The van der Waals surface area contributed by atoms with E-state index in [9.17, 15) is 4.79 Å². The van der Waals surface area contributed by atoms with Gasteiger partial charge in [0.15, 0.2) is 23.1 Å². The van der Waals surface area contributed by atoms with Gasteiger partial charge in [-0.2, -0.15) is 4.98 Å². The highest BCUT2D eigenvalue weighted by Gasteiger charge is 2.36. The maximum atomic E-state index is 12.0. The van der Waals surface area contributed by atoms with Crippen molar-refractivity contribution in [1.29, 1.82) is 0 Å². The van der Waals surface area contributed by atoms with Crippen molar-refractivity contribution in [2.45, 2.75) is 19.4 Å². The van der Waals surface area contributed by atoms with Gasteiger partial charge < -0.3 is 34.9 Å². The SMILES string of the molecule is COc1cc(Nc2ncnc(Nc3ccc4c(n3)NC(C)(C)C(=O)O4)n2)cc(OC)c1OC. The molecule has 4 rings (SSSR count). The molecule has 0 fully saturated rings. The van der Waals surface area contributed by atoms with Crippen LogP contribution in [0.2, 0.25) is 0 Å². The van der Waals surface area contributed by atoms with Crippen LogP contribution in [0.15, 0.2) is 30.6 Å². The minimum absolute atomic E-state index is 0.263. The smallest absolute Gasteiger partial charge is 0.336 e. The number of hydrogen-bond acceptors (Lipinski definition) is 12. The van der Waals surface area contributed by atoms with Gasteiger partial charge in [-0.15, -0.1) is 0 Å². The Labute approximate surface area is 189 Å². The van der Waals surface area contributed by atoms with E-state index in [0.29, 0.717) is 40.3 Å². The zero-order valence-electron chi connectivity index (χ0n) is 18.7. The second kappa shape index (κ2) is 8.65. The summed E-state index contributed by atoms with van der Waals surface area (Å²) >= 11 is 0. The maximum absolute atomic E-state index is 12.0. The quantitative estimate of drug-likeness (QED) is 0.453. The van der Waals surface area contributed by atoms with Crippen molar-refractivity contribution in [1.82, 2.24) is 19.9 Å². The molecule has 172 valence electrons. The van der Waals surface area contributed by atoms with Gasteiger partial charge in [0.1, 0.15) is 17.7 Å². The van der Waals surface area contributed by atoms with Gasteiger partial charge in [0.05, 0.1) is 21.3 Å². The summed E-state index contributed by atoms with van der Waals surface area (Å²) < 4.78 is 21.4. The Morgan fingerprint density at radius 3 is 2.24 bits per heavy atom. The molecule has 12 heteroatoms. The van der Waals surface area contributed by atoms with E-state index in [2.05, 4.69) is 35.9 Å². The van der Waals surface area contributed by atoms with Crippen LogP contribution < -0.4 is 34.9 Å². The van der Waals surface area contributed by atoms with E-state index < -0.39 is 5.54 Å². The van der Waals surface area contributed by atoms with Gasteiger partial charge in [0.25, 0.3) is 0 Å². The van der Waals surface area contributed by atoms with E-state index >= 15 is 0 Å². The average molecular weight is 453 g/mol. The number of ether oxygens (including phenoxy) is 4. The highest BCUT2D eigenvalue weighted by Crippen LogP contribution is 2.40. The molecule has 0 saturated carbocycles. The van der Waals surface area contributed by atoms with Crippen LogP contribution in [0, 0.1) is 0 Å². The number of pyridine rings is 1. The van der Waals surface area contributed by atoms with Crippen LogP contribution >= 0.6 is 0 Å². The normalized spacial score (nSPS) is 13.8. The van der Waals surface area contributed by atoms with E-state index in [-0.39, 0.29) is 17.9 Å². The topological polar surface area (TPSA) is 142 Å². The Kier molecular flexibility index (Phi) is 5.73. The molecule has 0 radical (unpaired) electrons. The van der Waals surface area contributed by atoms with Crippen LogP contribution in [-0.4, -0.2) is 52.8 Å². The first kappa shape index (κ1) is 21.9. The van der Waals surface area contributed by atoms with Gasteiger partial charge in [0, 0.05) is 17.8 Å². The van der Waals surface area contributed by atoms with E-state index in [1.165, 1.54) is 27.7 Å². The lowest BCUT2D eigenvalue weighted by Crippen LogP contribution is -2.46. The predicted molar refractivity (Wildman–Crippen MR) is 120 cm³/mol. The highest BCUT2D eigenvalue weighted by molar-refractivity contribution is 5.89. The first-order chi connectivity index (χ1) is 15.8. The molecule has 2 aromatic heterocycles. The van der Waals surface area contributed by atoms with Gasteiger partial charge in [-0.05, 0) is 26.0 Å². The van der Waals surface area contributed by atoms with Crippen molar-refractivity contribution in [3.05, 3.63) is 30.6 Å². The summed E-state index contributed by atoms with van der Waals surface area (Å²) in [4.78, 5) is 29.1. The number of aromatic nitrogens is 4. The lowest BCUT2D eigenvalue weighted by atomic mass is 10.0. The number of nitrogens with zero attached hydrogens (tertiary/aromatic N) is 4. The van der Waals surface area contributed by atoms with Gasteiger partial charge in [-0.1, -0.05) is 0 Å². The predicted octanol–water partition coefficient (Wildman–Crippen LogP) is 2.89. The van der Waals surface area contributed by atoms with Gasteiger partial charge in [-0.3, -0.25) is 0 Å². The number of esters is 1. The molecule has 3 heterocycles. The van der Waals surface area contributed by atoms with Crippen molar-refractivity contribution in [3.63, 3.8) is 0 Å². The van der Waals surface area contributed by atoms with Crippen LogP contribution in [0.3, 0.4) is 0 Å². The second-order valence-electron chi connectivity index (χ2n) is 7.48. The first-order valence-electron chi connectivity index (χ1n) is 9.87. The average Bonchev–Trinajstić information content (AvgIpc) is 2.79. The van der Waals surface area contributed by atoms with E-state index in [1.54, 1.807) is 38.1 Å². The third-order valence-corrected chi connectivity index (χ3v) is 4.73. The summed E-state index contributed by atoms with van der Waals surface area (Å²) in [5, 5.41) is 9.17. The minimum Gasteiger partial charge on any atom is -0.493 e. The molecule has 3 aromatic rings. The molecule has 0 spiro atoms. The molecule has 1 aliphatic heterocycles. The lowest BCUT2D eigenvalue weighted by Gasteiger charge is -2.30. The molecule has 0 saturated heterocycles. The van der Waals surface area contributed by atoms with Gasteiger partial charge >= 0.3 is 5.97 Å². The van der Waals surface area contributed by atoms with Crippen LogP contribution in [0.1, 0.15) is 13.8 Å². The molecule has 1 aromatic carbocycles. The molecule has 0 aliphatic carbocycles. The number of carbonyl (C=O) groups excluding carboxylic acids is 1. The molecular weight excluding hydrogens is 430 g/mol. The molecule has 1 aliphatic rings. The molecule has 33 heavy (non-hydrogen) atoms. The summed E-state index contributed by atoms with van der Waals surface area (Å²) in [6, 6.07) is 6.76. The molecule has 0 bridgehead atoms. The minimum atomic E-state index is -0.886. The number of fused-ring (bicyclic) bond motifs is 1. The molecule has 0 atom stereocenters. The van der Waals surface area contributed by atoms with Crippen molar-refractivity contribution in [2.24, 2.45) is 0 Å². The van der Waals surface area contributed by atoms with Crippen LogP contribution in [0.4, 0.5) is 29.2 Å². The third kappa shape index (κ3) is 4.49. The largest absolute Gasteiger partial charge is 0.493 e. The van der Waals surface area contributed by atoms with Crippen LogP contribution in [-0.2, 0) is 4.79 Å². The zero-order valence-corrected chi connectivity index (χ0v) is 18.7. The molecule has 12 nitrogen and oxygen atoms in total. The number of carbonyl (C=O) groups is 1. The number of anilines is 5. The Balaban J connectivity index is 1.54. The molecule has 3 N–H and O–H groups in total. The fraction of sp³-hybridized carbons (Fsp3) is 0.286. The standard InChI is InChI=1S/C21H23N7O5/c1-21(2)18(29)33-12-6-7-15(25-17(12)28-21)26-20-23-10-22-19(27-20)24-11-8-13(30-3)16(32-5)14(9-11)31-4/h6-10H,1-5H3,(H3,22,23,24,25,26,27,28). The third-order valence-electron chi connectivity index (χ3n) is 4.73. The van der Waals surface area contributed by atoms with E-state index in [1.807, 2.05) is 0 Å². The summed E-state index contributed by atoms with van der Waals surface area (Å²) in [6.07, 6.45) is 1.36. The summed E-state index contributed by atoms with van der Waals surface area (Å²) in [6.45, 7) is 3.43. The van der Waals surface area contributed by atoms with Crippen molar-refractivity contribution in [2.75, 3.05) is 37.3 Å². The number of hydrogen-bond donors (Lipinski definition) is 3. The first-order valence-corrected chi connectivity index (χ1v) is 9.87. The lowest BCUT2D eigenvalue weighted by molar-refractivity contribution is -0.139. The van der Waals surface area contributed by atoms with Gasteiger partial charge in [0.2, 0.25) is 17.6 Å². The molecule has 0 amide bonds. The van der Waals surface area contributed by atoms with Crippen molar-refractivity contribution >= 4 is 35.2 Å². The van der Waals surface area contributed by atoms with Crippen LogP contribution in [0.25, 0.3) is 0 Å². The summed E-state index contributed by atoms with van der Waals surface area (Å²) in [5.74, 6) is 2.87. The Morgan fingerprint density at radius 2 is 1.61 bits per heavy atom. The Bertz CT molecular complexity index is 1180. The van der Waals surface area contributed by atoms with Gasteiger partial charge in [-0.25, -0.2) is 19.7 Å². The summed E-state index contributed by atoms with van der Waals surface area (Å²) in [7, 11) is 4.61. The Morgan fingerprint density at radius 1 is 0.939 bits per heavy atom. The van der Waals surface area contributed by atoms with E-state index in [4.69, 9.17) is 18.9 Å². The monoisotopic (exact) mass is 453 g/mol. The number of nitrogens with one attached hydrogen (secondary N) is 3. The molecular formula is C21H23N7O5. The zero-order chi connectivity index (χ0) is 23.6. The van der Waals surface area contributed by atoms with Crippen molar-refractivity contribution < 1.29 is 23.7 Å². The number of methoxy groups -OCH3 is 3. The Hall–Kier alpha value is -4.35. The van der Waals surface area contributed by atoms with Crippen LogP contribution in [0.5, 0.6) is 23.0 Å². The maximum Gasteiger partial charge on any atom is 0.336 e. The molecule has 0 unspecified atom stereocenters. The highest BCUT2D eigenvalue weighted by atomic mass is 16.5. The number of benzene rings is 1. The fourth-order valence-corrected chi connectivity index (χ4v) is 3.08.